The minimum absolute atomic E-state index is 0.0668. The number of unbranched alkanes of at least 4 members (excludes halogenated alkanes) is 4. The molecule has 1 aromatic rings. The number of amides is 1. The number of carbonyl (C=O) groups is 2. The summed E-state index contributed by atoms with van der Waals surface area (Å²) in [5, 5.41) is 0. The van der Waals surface area contributed by atoms with Crippen LogP contribution in [0.2, 0.25) is 0 Å². The number of nitrogens with zero attached hydrogens (tertiary/aromatic N) is 1. The Morgan fingerprint density at radius 1 is 1.24 bits per heavy atom. The molecule has 0 unspecified atom stereocenters. The van der Waals surface area contributed by atoms with Crippen LogP contribution in [0.3, 0.4) is 0 Å². The fourth-order valence-corrected chi connectivity index (χ4v) is 3.43. The molecule has 25 heavy (non-hydrogen) atoms. The third kappa shape index (κ3) is 4.74. The molecule has 1 aromatic carbocycles. The third-order valence-corrected chi connectivity index (χ3v) is 4.94. The van der Waals surface area contributed by atoms with Gasteiger partial charge in [0, 0.05) is 17.6 Å². The van der Waals surface area contributed by atoms with Gasteiger partial charge in [0.15, 0.2) is 0 Å². The molecule has 5 nitrogen and oxygen atoms in total. The van der Waals surface area contributed by atoms with Gasteiger partial charge in [0.1, 0.15) is 5.75 Å². The van der Waals surface area contributed by atoms with Gasteiger partial charge < -0.3 is 14.4 Å². The van der Waals surface area contributed by atoms with Gasteiger partial charge in [-0.3, -0.25) is 9.59 Å². The third-order valence-electron chi connectivity index (χ3n) is 4.94. The standard InChI is InChI=1S/C20H29NO4/c1-4-5-6-7-8-11-25-20(23)13-17-15(2)21(14-22)19-10-9-16(24-3)12-18(17)19/h9-10,12,14-15,17H,4-8,11,13H2,1-3H3/t15-,17-/m1/s1. The summed E-state index contributed by atoms with van der Waals surface area (Å²) in [4.78, 5) is 25.4. The topological polar surface area (TPSA) is 55.8 Å². The van der Waals surface area contributed by atoms with Crippen LogP contribution in [0, 0.1) is 0 Å². The summed E-state index contributed by atoms with van der Waals surface area (Å²) in [5.74, 6) is 0.463. The van der Waals surface area contributed by atoms with E-state index in [0.717, 1.165) is 36.3 Å². The number of hydrogen-bond acceptors (Lipinski definition) is 4. The van der Waals surface area contributed by atoms with E-state index in [9.17, 15) is 9.59 Å². The number of ether oxygens (including phenoxy) is 2. The zero-order valence-corrected chi connectivity index (χ0v) is 15.5. The van der Waals surface area contributed by atoms with Gasteiger partial charge in [-0.25, -0.2) is 0 Å². The van der Waals surface area contributed by atoms with E-state index in [-0.39, 0.29) is 24.3 Å². The second kappa shape index (κ2) is 9.44. The summed E-state index contributed by atoms with van der Waals surface area (Å²) in [6, 6.07) is 5.55. The van der Waals surface area contributed by atoms with E-state index in [4.69, 9.17) is 9.47 Å². The van der Waals surface area contributed by atoms with Crippen molar-refractivity contribution in [3.8, 4) is 5.75 Å². The molecule has 1 amide bonds. The van der Waals surface area contributed by atoms with Crippen molar-refractivity contribution in [3.63, 3.8) is 0 Å². The molecule has 0 saturated heterocycles. The van der Waals surface area contributed by atoms with Crippen molar-refractivity contribution in [1.82, 2.24) is 0 Å². The number of hydrogen-bond donors (Lipinski definition) is 0. The maximum atomic E-state index is 12.2. The maximum Gasteiger partial charge on any atom is 0.306 e. The molecule has 1 aliphatic heterocycles. The Morgan fingerprint density at radius 3 is 2.68 bits per heavy atom. The van der Waals surface area contributed by atoms with Crippen LogP contribution in [0.5, 0.6) is 5.75 Å². The predicted molar refractivity (Wildman–Crippen MR) is 98.1 cm³/mol. The molecule has 2 rings (SSSR count). The molecule has 0 aliphatic carbocycles. The van der Waals surface area contributed by atoms with Crippen molar-refractivity contribution >= 4 is 18.1 Å². The predicted octanol–water partition coefficient (Wildman–Crippen LogP) is 4.05. The monoisotopic (exact) mass is 347 g/mol. The van der Waals surface area contributed by atoms with E-state index in [1.54, 1.807) is 12.0 Å². The smallest absolute Gasteiger partial charge is 0.306 e. The van der Waals surface area contributed by atoms with Crippen LogP contribution in [-0.2, 0) is 14.3 Å². The van der Waals surface area contributed by atoms with Crippen LogP contribution in [0.1, 0.15) is 63.9 Å². The van der Waals surface area contributed by atoms with E-state index in [0.29, 0.717) is 6.61 Å². The molecule has 0 bridgehead atoms. The Kier molecular flexibility index (Phi) is 7.29. The highest BCUT2D eigenvalue weighted by atomic mass is 16.5. The lowest BCUT2D eigenvalue weighted by molar-refractivity contribution is -0.144. The van der Waals surface area contributed by atoms with Gasteiger partial charge in [0.25, 0.3) is 0 Å². The fraction of sp³-hybridized carbons (Fsp3) is 0.600. The van der Waals surface area contributed by atoms with E-state index >= 15 is 0 Å². The fourth-order valence-electron chi connectivity index (χ4n) is 3.43. The molecular formula is C20H29NO4. The quantitative estimate of drug-likeness (QED) is 0.364. The van der Waals surface area contributed by atoms with Gasteiger partial charge in [-0.05, 0) is 37.1 Å². The molecular weight excluding hydrogens is 318 g/mol. The summed E-state index contributed by atoms with van der Waals surface area (Å²) in [6.45, 7) is 4.62. The molecule has 5 heteroatoms. The lowest BCUT2D eigenvalue weighted by Crippen LogP contribution is -2.31. The van der Waals surface area contributed by atoms with E-state index in [2.05, 4.69) is 6.92 Å². The van der Waals surface area contributed by atoms with Crippen LogP contribution in [0.25, 0.3) is 0 Å². The first-order chi connectivity index (χ1) is 12.1. The van der Waals surface area contributed by atoms with Crippen LogP contribution in [-0.4, -0.2) is 32.1 Å². The Labute approximate surface area is 150 Å². The zero-order valence-electron chi connectivity index (χ0n) is 15.5. The van der Waals surface area contributed by atoms with Crippen LogP contribution in [0.4, 0.5) is 5.69 Å². The number of rotatable bonds is 10. The summed E-state index contributed by atoms with van der Waals surface area (Å²) < 4.78 is 10.7. The second-order valence-electron chi connectivity index (χ2n) is 6.62. The van der Waals surface area contributed by atoms with Crippen molar-refractivity contribution in [1.29, 1.82) is 0 Å². The minimum Gasteiger partial charge on any atom is -0.497 e. The first-order valence-electron chi connectivity index (χ1n) is 9.19. The zero-order chi connectivity index (χ0) is 18.2. The molecule has 0 radical (unpaired) electrons. The largest absolute Gasteiger partial charge is 0.497 e. The Hall–Kier alpha value is -2.04. The Morgan fingerprint density at radius 2 is 2.00 bits per heavy atom. The van der Waals surface area contributed by atoms with Gasteiger partial charge >= 0.3 is 5.97 Å². The lowest BCUT2D eigenvalue weighted by Gasteiger charge is -2.20. The summed E-state index contributed by atoms with van der Waals surface area (Å²) in [5.41, 5.74) is 1.82. The number of methoxy groups -OCH3 is 1. The van der Waals surface area contributed by atoms with Crippen LogP contribution in [0.15, 0.2) is 18.2 Å². The van der Waals surface area contributed by atoms with Crippen molar-refractivity contribution in [3.05, 3.63) is 23.8 Å². The molecule has 0 spiro atoms. The number of carbonyl (C=O) groups excluding carboxylic acids is 2. The molecule has 0 saturated carbocycles. The molecule has 138 valence electrons. The number of fused-ring (bicyclic) bond motifs is 1. The molecule has 1 heterocycles. The van der Waals surface area contributed by atoms with Crippen molar-refractivity contribution in [2.45, 2.75) is 64.3 Å². The Bertz CT molecular complexity index is 587. The van der Waals surface area contributed by atoms with Gasteiger partial charge in [0.2, 0.25) is 6.41 Å². The number of benzene rings is 1. The van der Waals surface area contributed by atoms with Gasteiger partial charge in [-0.15, -0.1) is 0 Å². The normalized spacial score (nSPS) is 18.8. The first-order valence-corrected chi connectivity index (χ1v) is 9.19. The Balaban J connectivity index is 1.95. The van der Waals surface area contributed by atoms with Crippen molar-refractivity contribution in [2.75, 3.05) is 18.6 Å². The summed E-state index contributed by atoms with van der Waals surface area (Å²) >= 11 is 0. The average molecular weight is 347 g/mol. The van der Waals surface area contributed by atoms with Gasteiger partial charge in [-0.2, -0.15) is 0 Å². The summed E-state index contributed by atoms with van der Waals surface area (Å²) in [6.07, 6.45) is 6.74. The van der Waals surface area contributed by atoms with Crippen LogP contribution >= 0.6 is 0 Å². The first kappa shape index (κ1) is 19.3. The van der Waals surface area contributed by atoms with Crippen molar-refractivity contribution < 1.29 is 19.1 Å². The lowest BCUT2D eigenvalue weighted by atomic mass is 9.92. The maximum absolute atomic E-state index is 12.2. The minimum atomic E-state index is -0.200. The van der Waals surface area contributed by atoms with Crippen molar-refractivity contribution in [2.24, 2.45) is 0 Å². The molecule has 0 N–H and O–H groups in total. The average Bonchev–Trinajstić information content (AvgIpc) is 2.88. The second-order valence-corrected chi connectivity index (χ2v) is 6.62. The van der Waals surface area contributed by atoms with Gasteiger partial charge in [0.05, 0.1) is 20.1 Å². The summed E-state index contributed by atoms with van der Waals surface area (Å²) in [7, 11) is 1.61. The molecule has 0 aromatic heterocycles. The molecule has 2 atom stereocenters. The number of anilines is 1. The molecule has 0 fully saturated rings. The highest BCUT2D eigenvalue weighted by Crippen LogP contribution is 2.43. The van der Waals surface area contributed by atoms with Gasteiger partial charge in [-0.1, -0.05) is 32.6 Å². The molecule has 1 aliphatic rings. The van der Waals surface area contributed by atoms with E-state index in [1.165, 1.54) is 19.3 Å². The highest BCUT2D eigenvalue weighted by Gasteiger charge is 2.37. The van der Waals surface area contributed by atoms with Crippen LogP contribution < -0.4 is 9.64 Å². The highest BCUT2D eigenvalue weighted by molar-refractivity contribution is 5.83. The van der Waals surface area contributed by atoms with E-state index in [1.807, 2.05) is 25.1 Å². The number of esters is 1. The van der Waals surface area contributed by atoms with E-state index < -0.39 is 0 Å². The SMILES string of the molecule is CCCCCCCOC(=O)C[C@H]1c2cc(OC)ccc2N(C=O)[C@@H]1C.